The van der Waals surface area contributed by atoms with E-state index in [2.05, 4.69) is 9.73 Å². The van der Waals surface area contributed by atoms with E-state index in [4.69, 9.17) is 4.74 Å². The van der Waals surface area contributed by atoms with Crippen LogP contribution >= 0.6 is 10.2 Å². The third kappa shape index (κ3) is 6.74. The number of esters is 1. The second kappa shape index (κ2) is 5.41. The van der Waals surface area contributed by atoms with Gasteiger partial charge in [0.25, 0.3) is 10.2 Å². The van der Waals surface area contributed by atoms with Crippen LogP contribution in [-0.4, -0.2) is 31.2 Å². The first-order chi connectivity index (χ1) is 9.83. The van der Waals surface area contributed by atoms with Crippen LogP contribution in [0.1, 0.15) is 6.92 Å². The lowest BCUT2D eigenvalue weighted by Gasteiger charge is -2.40. The summed E-state index contributed by atoms with van der Waals surface area (Å²) < 4.78 is 72.1. The van der Waals surface area contributed by atoms with Crippen molar-refractivity contribution in [2.24, 2.45) is 4.99 Å². The van der Waals surface area contributed by atoms with Gasteiger partial charge in [-0.1, -0.05) is 19.4 Å². The number of hydrogen-bond donors (Lipinski definition) is 0. The van der Waals surface area contributed by atoms with E-state index < -0.39 is 27.7 Å². The van der Waals surface area contributed by atoms with Crippen LogP contribution in [0.3, 0.4) is 0 Å². The Kier molecular flexibility index (Phi) is 4.48. The molecule has 1 rings (SSSR count). The van der Waals surface area contributed by atoms with E-state index in [0.29, 0.717) is 5.75 Å². The van der Waals surface area contributed by atoms with Gasteiger partial charge in [0.1, 0.15) is 17.2 Å². The molecule has 0 unspecified atom stereocenters. The average Bonchev–Trinajstić information content (AvgIpc) is 2.36. The maximum atomic E-state index is 12.6. The van der Waals surface area contributed by atoms with Crippen molar-refractivity contribution in [2.75, 3.05) is 19.5 Å². The van der Waals surface area contributed by atoms with Gasteiger partial charge in [0, 0.05) is 0 Å². The van der Waals surface area contributed by atoms with Crippen molar-refractivity contribution in [1.29, 1.82) is 0 Å². The molecule has 0 radical (unpaired) electrons. The number of carbonyl (C=O) groups excluding carboxylic acids is 1. The van der Waals surface area contributed by atoms with E-state index in [9.17, 15) is 24.2 Å². The number of methoxy groups -OCH3 is 1. The van der Waals surface area contributed by atoms with Crippen molar-refractivity contribution in [3.8, 4) is 5.75 Å². The molecular weight excluding hydrogens is 333 g/mol. The Balaban J connectivity index is 3.20. The Morgan fingerprint density at radius 3 is 2.09 bits per heavy atom. The van der Waals surface area contributed by atoms with Gasteiger partial charge in [-0.2, -0.15) is 0 Å². The minimum Gasteiger partial charge on any atom is -0.497 e. The Hall–Kier alpha value is -1.84. The highest BCUT2D eigenvalue weighted by Crippen LogP contribution is 2.97. The average molecular weight is 347 g/mol. The molecule has 0 saturated heterocycles. The fourth-order valence-corrected chi connectivity index (χ4v) is 2.12. The smallest absolute Gasteiger partial charge is 0.353 e. The van der Waals surface area contributed by atoms with Crippen molar-refractivity contribution in [1.82, 2.24) is 0 Å². The lowest BCUT2D eigenvalue weighted by Crippen LogP contribution is -2.28. The summed E-state index contributed by atoms with van der Waals surface area (Å²) in [6, 6.07) is 5.18. The summed E-state index contributed by atoms with van der Waals surface area (Å²) >= 11 is 0. The lowest BCUT2D eigenvalue weighted by atomic mass is 10.3. The molecule has 22 heavy (non-hydrogen) atoms. The van der Waals surface area contributed by atoms with E-state index in [1.54, 1.807) is 0 Å². The molecule has 0 fully saturated rings. The minimum absolute atomic E-state index is 0.106. The van der Waals surface area contributed by atoms with Gasteiger partial charge < -0.3 is 9.47 Å². The van der Waals surface area contributed by atoms with Crippen molar-refractivity contribution in [3.05, 3.63) is 24.3 Å². The number of aliphatic imine (C=N–C) groups is 1. The van der Waals surface area contributed by atoms with Gasteiger partial charge in [0.2, 0.25) is 0 Å². The number of halogens is 5. The summed E-state index contributed by atoms with van der Waals surface area (Å²) in [4.78, 5) is 14.8. The highest BCUT2D eigenvalue weighted by molar-refractivity contribution is 8.46. The maximum absolute atomic E-state index is 12.6. The standard InChI is InChI=1S/C12H14F5NO3S/c1-3-21-12(19)11(8-22(13,14,15,16)17)18-9-4-6-10(20-2)7-5-9/h4-7H,3,8H2,1-2H3. The second-order valence-electron chi connectivity index (χ2n) is 4.25. The van der Waals surface area contributed by atoms with Crippen LogP contribution in [0.15, 0.2) is 29.3 Å². The predicted octanol–water partition coefficient (Wildman–Crippen LogP) is 4.63. The largest absolute Gasteiger partial charge is 0.497 e. The second-order valence-corrected chi connectivity index (χ2v) is 6.80. The fourth-order valence-electron chi connectivity index (χ4n) is 1.42. The number of benzene rings is 1. The molecule has 0 aliphatic heterocycles. The van der Waals surface area contributed by atoms with Crippen molar-refractivity contribution in [2.45, 2.75) is 6.92 Å². The normalized spacial score (nSPS) is 15.7. The quantitative estimate of drug-likeness (QED) is 0.428. The third-order valence-electron chi connectivity index (χ3n) is 2.26. The number of carbonyl (C=O) groups is 1. The molecule has 0 saturated carbocycles. The number of ether oxygens (including phenoxy) is 2. The van der Waals surface area contributed by atoms with Crippen molar-refractivity contribution >= 4 is 27.6 Å². The molecule has 0 aromatic heterocycles. The van der Waals surface area contributed by atoms with Crippen LogP contribution < -0.4 is 4.74 Å². The summed E-state index contributed by atoms with van der Waals surface area (Å²) in [5.41, 5.74) is -1.50. The molecule has 0 amide bonds. The molecule has 0 N–H and O–H groups in total. The van der Waals surface area contributed by atoms with E-state index in [1.807, 2.05) is 0 Å². The van der Waals surface area contributed by atoms with Crippen LogP contribution in [0.2, 0.25) is 0 Å². The fraction of sp³-hybridized carbons (Fsp3) is 0.333. The van der Waals surface area contributed by atoms with Crippen LogP contribution in [0.5, 0.6) is 5.75 Å². The predicted molar refractivity (Wildman–Crippen MR) is 74.7 cm³/mol. The van der Waals surface area contributed by atoms with Gasteiger partial charge in [-0.3, -0.25) is 0 Å². The number of hydrogen-bond acceptors (Lipinski definition) is 4. The molecular formula is C12H14F5NO3S. The molecule has 126 valence electrons. The molecule has 10 heteroatoms. The summed E-state index contributed by atoms with van der Waals surface area (Å²) in [5, 5.41) is 0. The van der Waals surface area contributed by atoms with Gasteiger partial charge in [0.05, 0.1) is 19.4 Å². The van der Waals surface area contributed by atoms with E-state index in [-0.39, 0.29) is 12.3 Å². The van der Waals surface area contributed by atoms with Gasteiger partial charge in [-0.05, 0) is 31.2 Å². The Morgan fingerprint density at radius 1 is 1.14 bits per heavy atom. The summed E-state index contributed by atoms with van der Waals surface area (Å²) in [6.07, 6.45) is 0. The third-order valence-corrected chi connectivity index (χ3v) is 3.08. The summed E-state index contributed by atoms with van der Waals surface area (Å²) in [7, 11) is -8.47. The minimum atomic E-state index is -9.85. The molecule has 1 aromatic carbocycles. The Morgan fingerprint density at radius 2 is 1.68 bits per heavy atom. The first-order valence-corrected chi connectivity index (χ1v) is 8.07. The topological polar surface area (TPSA) is 47.9 Å². The Labute approximate surface area is 123 Å². The summed E-state index contributed by atoms with van der Waals surface area (Å²) in [6.45, 7) is 1.07. The van der Waals surface area contributed by atoms with Crippen LogP contribution in [-0.2, 0) is 9.53 Å². The zero-order valence-electron chi connectivity index (χ0n) is 11.7. The van der Waals surface area contributed by atoms with E-state index in [1.165, 1.54) is 38.3 Å². The first-order valence-electron chi connectivity index (χ1n) is 5.95. The zero-order valence-corrected chi connectivity index (χ0v) is 12.5. The van der Waals surface area contributed by atoms with Crippen LogP contribution in [0.4, 0.5) is 25.1 Å². The Bertz CT molecular complexity index is 583. The molecule has 0 aliphatic carbocycles. The van der Waals surface area contributed by atoms with Crippen molar-refractivity contribution < 1.29 is 33.7 Å². The number of rotatable bonds is 6. The molecule has 0 atom stereocenters. The highest BCUT2D eigenvalue weighted by Gasteiger charge is 2.64. The SMILES string of the molecule is CCOC(=O)C(CS(F)(F)(F)(F)F)=Nc1ccc(OC)cc1. The molecule has 4 nitrogen and oxygen atoms in total. The zero-order chi connectivity index (χ0) is 17.1. The highest BCUT2D eigenvalue weighted by atomic mass is 32.5. The summed E-state index contributed by atoms with van der Waals surface area (Å²) in [5.74, 6) is -3.86. The number of nitrogens with zero attached hydrogens (tertiary/aromatic N) is 1. The van der Waals surface area contributed by atoms with Crippen molar-refractivity contribution in [3.63, 3.8) is 0 Å². The van der Waals surface area contributed by atoms with Gasteiger partial charge in [-0.15, -0.1) is 0 Å². The van der Waals surface area contributed by atoms with Gasteiger partial charge in [0.15, 0.2) is 0 Å². The molecule has 1 aromatic rings. The molecule has 0 bridgehead atoms. The van der Waals surface area contributed by atoms with Gasteiger partial charge in [-0.25, -0.2) is 9.79 Å². The van der Waals surface area contributed by atoms with Gasteiger partial charge >= 0.3 is 5.97 Å². The molecule has 0 aliphatic rings. The lowest BCUT2D eigenvalue weighted by molar-refractivity contribution is -0.135. The monoisotopic (exact) mass is 347 g/mol. The molecule has 0 heterocycles. The van der Waals surface area contributed by atoms with E-state index in [0.717, 1.165) is 0 Å². The van der Waals surface area contributed by atoms with Crippen LogP contribution in [0, 0.1) is 0 Å². The molecule has 0 spiro atoms. The maximum Gasteiger partial charge on any atom is 0.353 e. The van der Waals surface area contributed by atoms with E-state index >= 15 is 0 Å². The van der Waals surface area contributed by atoms with Crippen LogP contribution in [0.25, 0.3) is 0 Å². The first kappa shape index (κ1) is 18.2.